The van der Waals surface area contributed by atoms with Crippen LogP contribution >= 0.6 is 0 Å². The summed E-state index contributed by atoms with van der Waals surface area (Å²) in [4.78, 5) is 17.8. The van der Waals surface area contributed by atoms with Gasteiger partial charge in [0.1, 0.15) is 0 Å². The number of amides is 1. The first-order valence-corrected chi connectivity index (χ1v) is 6.83. The van der Waals surface area contributed by atoms with Crippen molar-refractivity contribution in [2.24, 2.45) is 5.73 Å². The number of nitrogens with one attached hydrogen (secondary N) is 1. The number of nitrogens with zero attached hydrogens (tertiary/aromatic N) is 2. The number of pyridine rings is 1. The Bertz CT molecular complexity index is 401. The van der Waals surface area contributed by atoms with Crippen LogP contribution in [0.15, 0.2) is 24.4 Å². The quantitative estimate of drug-likeness (QED) is 0.837. The Labute approximate surface area is 114 Å². The lowest BCUT2D eigenvalue weighted by Crippen LogP contribution is -2.46. The molecule has 19 heavy (non-hydrogen) atoms. The molecule has 2 heterocycles. The molecule has 1 saturated heterocycles. The van der Waals surface area contributed by atoms with Crippen molar-refractivity contribution in [3.63, 3.8) is 0 Å². The van der Waals surface area contributed by atoms with Crippen LogP contribution in [0.4, 0.5) is 0 Å². The predicted molar refractivity (Wildman–Crippen MR) is 74.4 cm³/mol. The second-order valence-electron chi connectivity index (χ2n) is 5.02. The van der Waals surface area contributed by atoms with E-state index in [0.29, 0.717) is 12.6 Å². The van der Waals surface area contributed by atoms with Crippen molar-refractivity contribution in [3.8, 4) is 0 Å². The van der Waals surface area contributed by atoms with Gasteiger partial charge in [0.25, 0.3) is 0 Å². The van der Waals surface area contributed by atoms with Crippen LogP contribution < -0.4 is 11.1 Å². The molecule has 104 valence electrons. The zero-order valence-corrected chi connectivity index (χ0v) is 11.4. The van der Waals surface area contributed by atoms with Crippen LogP contribution in [0, 0.1) is 0 Å². The van der Waals surface area contributed by atoms with E-state index in [1.807, 2.05) is 24.4 Å². The van der Waals surface area contributed by atoms with Gasteiger partial charge in [-0.15, -0.1) is 0 Å². The molecule has 1 amide bonds. The average Bonchev–Trinajstić information content (AvgIpc) is 2.42. The highest BCUT2D eigenvalue weighted by Gasteiger charge is 2.26. The van der Waals surface area contributed by atoms with Gasteiger partial charge in [0.15, 0.2) is 0 Å². The summed E-state index contributed by atoms with van der Waals surface area (Å²) in [7, 11) is 0. The van der Waals surface area contributed by atoms with Gasteiger partial charge in [-0.1, -0.05) is 6.07 Å². The monoisotopic (exact) mass is 262 g/mol. The lowest BCUT2D eigenvalue weighted by atomic mass is 10.0. The molecule has 0 saturated carbocycles. The van der Waals surface area contributed by atoms with Gasteiger partial charge >= 0.3 is 0 Å². The first kappa shape index (κ1) is 14.0. The maximum atomic E-state index is 11.1. The normalized spacial score (nSPS) is 19.1. The van der Waals surface area contributed by atoms with Gasteiger partial charge < -0.3 is 11.1 Å². The summed E-state index contributed by atoms with van der Waals surface area (Å²) in [6.45, 7) is 4.04. The molecule has 1 aliphatic heterocycles. The van der Waals surface area contributed by atoms with E-state index in [1.54, 1.807) is 6.92 Å². The Morgan fingerprint density at radius 3 is 2.79 bits per heavy atom. The molecule has 1 unspecified atom stereocenters. The summed E-state index contributed by atoms with van der Waals surface area (Å²) < 4.78 is 0. The molecule has 0 radical (unpaired) electrons. The molecule has 0 bridgehead atoms. The number of piperidine rings is 1. The third-order valence-electron chi connectivity index (χ3n) is 3.63. The Hall–Kier alpha value is -1.46. The third kappa shape index (κ3) is 3.75. The fourth-order valence-corrected chi connectivity index (χ4v) is 2.67. The molecule has 5 nitrogen and oxygen atoms in total. The van der Waals surface area contributed by atoms with Crippen LogP contribution in [-0.2, 0) is 4.79 Å². The van der Waals surface area contributed by atoms with Crippen molar-refractivity contribution >= 4 is 5.91 Å². The van der Waals surface area contributed by atoms with Gasteiger partial charge in [-0.3, -0.25) is 14.7 Å². The minimum atomic E-state index is 0.0542. The van der Waals surface area contributed by atoms with Crippen molar-refractivity contribution in [2.75, 3.05) is 19.6 Å². The van der Waals surface area contributed by atoms with E-state index in [-0.39, 0.29) is 11.9 Å². The zero-order chi connectivity index (χ0) is 13.7. The maximum Gasteiger partial charge on any atom is 0.217 e. The molecule has 0 spiro atoms. The molecule has 1 aliphatic rings. The zero-order valence-electron chi connectivity index (χ0n) is 11.4. The summed E-state index contributed by atoms with van der Waals surface area (Å²) in [5.41, 5.74) is 6.93. The van der Waals surface area contributed by atoms with Gasteiger partial charge in [0.05, 0.1) is 11.7 Å². The second kappa shape index (κ2) is 6.63. The van der Waals surface area contributed by atoms with Crippen LogP contribution in [0.1, 0.15) is 31.5 Å². The van der Waals surface area contributed by atoms with Crippen molar-refractivity contribution < 1.29 is 4.79 Å². The standard InChI is InChI=1S/C14H22N4O/c1-11(19)17-12-5-8-18(9-6-12)14(10-15)13-4-2-3-7-16-13/h2-4,7,12,14H,5-6,8-10,15H2,1H3,(H,17,19). The Balaban J connectivity index is 1.94. The number of carbonyl (C=O) groups is 1. The van der Waals surface area contributed by atoms with E-state index in [2.05, 4.69) is 15.2 Å². The highest BCUT2D eigenvalue weighted by Crippen LogP contribution is 2.22. The van der Waals surface area contributed by atoms with Crippen LogP contribution in [-0.4, -0.2) is 41.5 Å². The highest BCUT2D eigenvalue weighted by atomic mass is 16.1. The van der Waals surface area contributed by atoms with E-state index in [1.165, 1.54) is 0 Å². The lowest BCUT2D eigenvalue weighted by molar-refractivity contribution is -0.120. The molecule has 1 aromatic heterocycles. The summed E-state index contributed by atoms with van der Waals surface area (Å²) in [6, 6.07) is 6.42. The summed E-state index contributed by atoms with van der Waals surface area (Å²) in [5.74, 6) is 0.0542. The SMILES string of the molecule is CC(=O)NC1CCN(C(CN)c2ccccn2)CC1. The number of hydrogen-bond donors (Lipinski definition) is 2. The van der Waals surface area contributed by atoms with E-state index in [0.717, 1.165) is 31.6 Å². The first-order valence-electron chi connectivity index (χ1n) is 6.83. The second-order valence-corrected chi connectivity index (χ2v) is 5.02. The molecule has 1 aromatic rings. The lowest BCUT2D eigenvalue weighted by Gasteiger charge is -2.36. The van der Waals surface area contributed by atoms with Gasteiger partial charge in [0, 0.05) is 38.8 Å². The highest BCUT2D eigenvalue weighted by molar-refractivity contribution is 5.73. The van der Waals surface area contributed by atoms with Crippen LogP contribution in [0.5, 0.6) is 0 Å². The molecule has 2 rings (SSSR count). The van der Waals surface area contributed by atoms with E-state index >= 15 is 0 Å². The summed E-state index contributed by atoms with van der Waals surface area (Å²) in [5, 5.41) is 2.99. The van der Waals surface area contributed by atoms with Gasteiger partial charge in [-0.2, -0.15) is 0 Å². The number of carbonyl (C=O) groups excluding carboxylic acids is 1. The number of likely N-dealkylation sites (tertiary alicyclic amines) is 1. The van der Waals surface area contributed by atoms with Crippen molar-refractivity contribution in [2.45, 2.75) is 31.8 Å². The number of aromatic nitrogens is 1. The maximum absolute atomic E-state index is 11.1. The Kier molecular flexibility index (Phi) is 4.87. The Morgan fingerprint density at radius 1 is 1.53 bits per heavy atom. The number of nitrogens with two attached hydrogens (primary N) is 1. The number of rotatable bonds is 4. The molecule has 1 atom stereocenters. The molecule has 5 heteroatoms. The third-order valence-corrected chi connectivity index (χ3v) is 3.63. The minimum Gasteiger partial charge on any atom is -0.354 e. The topological polar surface area (TPSA) is 71.2 Å². The van der Waals surface area contributed by atoms with E-state index in [9.17, 15) is 4.79 Å². The minimum absolute atomic E-state index is 0.0542. The smallest absolute Gasteiger partial charge is 0.217 e. The van der Waals surface area contributed by atoms with Crippen molar-refractivity contribution in [1.29, 1.82) is 0 Å². The fourth-order valence-electron chi connectivity index (χ4n) is 2.67. The van der Waals surface area contributed by atoms with E-state index < -0.39 is 0 Å². The summed E-state index contributed by atoms with van der Waals surface area (Å²) >= 11 is 0. The van der Waals surface area contributed by atoms with Crippen LogP contribution in [0.2, 0.25) is 0 Å². The van der Waals surface area contributed by atoms with Gasteiger partial charge in [-0.05, 0) is 25.0 Å². The largest absolute Gasteiger partial charge is 0.354 e. The molecule has 1 fully saturated rings. The summed E-state index contributed by atoms with van der Waals surface area (Å²) in [6.07, 6.45) is 3.76. The first-order chi connectivity index (χ1) is 9.20. The van der Waals surface area contributed by atoms with Gasteiger partial charge in [0.2, 0.25) is 5.91 Å². The molecule has 0 aliphatic carbocycles. The predicted octanol–water partition coefficient (Wildman–Crippen LogP) is 0.682. The van der Waals surface area contributed by atoms with Gasteiger partial charge in [-0.25, -0.2) is 0 Å². The molecule has 0 aromatic carbocycles. The fraction of sp³-hybridized carbons (Fsp3) is 0.571. The van der Waals surface area contributed by atoms with E-state index in [4.69, 9.17) is 5.73 Å². The van der Waals surface area contributed by atoms with Crippen LogP contribution in [0.25, 0.3) is 0 Å². The van der Waals surface area contributed by atoms with Crippen molar-refractivity contribution in [3.05, 3.63) is 30.1 Å². The number of hydrogen-bond acceptors (Lipinski definition) is 4. The van der Waals surface area contributed by atoms with Crippen LogP contribution in [0.3, 0.4) is 0 Å². The molecule has 3 N–H and O–H groups in total. The molecular weight excluding hydrogens is 240 g/mol. The average molecular weight is 262 g/mol. The Morgan fingerprint density at radius 2 is 2.26 bits per heavy atom. The van der Waals surface area contributed by atoms with Crippen molar-refractivity contribution in [1.82, 2.24) is 15.2 Å². The molecular formula is C14H22N4O.